The minimum absolute atomic E-state index is 0.381. The maximum Gasteiger partial charge on any atom is 0.0611 e. The summed E-state index contributed by atoms with van der Waals surface area (Å²) in [6.45, 7) is 7.05. The van der Waals surface area contributed by atoms with Gasteiger partial charge in [-0.25, -0.2) is 0 Å². The fourth-order valence-corrected chi connectivity index (χ4v) is 2.82. The smallest absolute Gasteiger partial charge is 0.0611 e. The third kappa shape index (κ3) is 3.44. The van der Waals surface area contributed by atoms with Gasteiger partial charge in [0.05, 0.1) is 24.2 Å². The van der Waals surface area contributed by atoms with Crippen molar-refractivity contribution in [3.05, 3.63) is 24.0 Å². The van der Waals surface area contributed by atoms with Crippen molar-refractivity contribution in [1.29, 1.82) is 0 Å². The molecule has 1 aliphatic rings. The maximum absolute atomic E-state index is 5.17. The summed E-state index contributed by atoms with van der Waals surface area (Å²) < 4.78 is 5.17. The van der Waals surface area contributed by atoms with Crippen molar-refractivity contribution < 1.29 is 4.74 Å². The number of rotatable bonds is 6. The summed E-state index contributed by atoms with van der Waals surface area (Å²) in [6, 6.07) is 4.69. The summed E-state index contributed by atoms with van der Waals surface area (Å²) in [7, 11) is 0. The molecule has 0 amide bonds. The van der Waals surface area contributed by atoms with Crippen molar-refractivity contribution in [3.63, 3.8) is 0 Å². The number of pyridine rings is 1. The number of thioether (sulfide) groups is 1. The normalized spacial score (nSPS) is 17.8. The SMILES string of the molecule is CCNC(CC)c1ccc(SC2COC2)cn1. The summed E-state index contributed by atoms with van der Waals surface area (Å²) in [5, 5.41) is 4.07. The van der Waals surface area contributed by atoms with E-state index in [9.17, 15) is 0 Å². The van der Waals surface area contributed by atoms with E-state index in [4.69, 9.17) is 4.74 Å². The Morgan fingerprint density at radius 1 is 1.47 bits per heavy atom. The van der Waals surface area contributed by atoms with E-state index >= 15 is 0 Å². The molecule has 1 N–H and O–H groups in total. The van der Waals surface area contributed by atoms with E-state index in [1.165, 1.54) is 4.90 Å². The van der Waals surface area contributed by atoms with E-state index in [1.807, 2.05) is 18.0 Å². The maximum atomic E-state index is 5.17. The van der Waals surface area contributed by atoms with Gasteiger partial charge in [0, 0.05) is 17.1 Å². The van der Waals surface area contributed by atoms with Crippen molar-refractivity contribution in [2.24, 2.45) is 0 Å². The molecule has 0 bridgehead atoms. The molecular formula is C13H20N2OS. The van der Waals surface area contributed by atoms with Gasteiger partial charge in [-0.1, -0.05) is 13.8 Å². The van der Waals surface area contributed by atoms with Crippen LogP contribution >= 0.6 is 11.8 Å². The number of hydrogen-bond donors (Lipinski definition) is 1. The van der Waals surface area contributed by atoms with Gasteiger partial charge in [0.15, 0.2) is 0 Å². The van der Waals surface area contributed by atoms with Crippen LogP contribution in [0.1, 0.15) is 32.0 Å². The zero-order valence-corrected chi connectivity index (χ0v) is 11.3. The van der Waals surface area contributed by atoms with E-state index < -0.39 is 0 Å². The van der Waals surface area contributed by atoms with E-state index in [0.717, 1.165) is 31.9 Å². The highest BCUT2D eigenvalue weighted by molar-refractivity contribution is 8.00. The van der Waals surface area contributed by atoms with Crippen LogP contribution in [0.2, 0.25) is 0 Å². The van der Waals surface area contributed by atoms with Crippen LogP contribution in [0.25, 0.3) is 0 Å². The lowest BCUT2D eigenvalue weighted by Crippen LogP contribution is -2.30. The lowest BCUT2D eigenvalue weighted by atomic mass is 10.1. The average Bonchev–Trinajstić information content (AvgIpc) is 2.32. The molecule has 2 heterocycles. The molecule has 2 rings (SSSR count). The molecule has 17 heavy (non-hydrogen) atoms. The largest absolute Gasteiger partial charge is 0.379 e. The van der Waals surface area contributed by atoms with Crippen LogP contribution in [0.4, 0.5) is 0 Å². The number of hydrogen-bond acceptors (Lipinski definition) is 4. The second-order valence-electron chi connectivity index (χ2n) is 4.21. The Kier molecular flexibility index (Phi) is 4.83. The molecule has 1 aromatic rings. The zero-order chi connectivity index (χ0) is 12.1. The number of nitrogens with one attached hydrogen (secondary N) is 1. The number of aromatic nitrogens is 1. The third-order valence-corrected chi connectivity index (χ3v) is 4.00. The minimum atomic E-state index is 0.381. The first kappa shape index (κ1) is 12.9. The first-order valence-electron chi connectivity index (χ1n) is 6.27. The molecule has 1 saturated heterocycles. The molecule has 4 heteroatoms. The fourth-order valence-electron chi connectivity index (χ4n) is 1.85. The van der Waals surface area contributed by atoms with Crippen LogP contribution in [0.15, 0.2) is 23.2 Å². The predicted molar refractivity (Wildman–Crippen MR) is 71.4 cm³/mol. The molecule has 3 nitrogen and oxygen atoms in total. The van der Waals surface area contributed by atoms with Crippen molar-refractivity contribution in [3.8, 4) is 0 Å². The molecule has 1 unspecified atom stereocenters. The van der Waals surface area contributed by atoms with Crippen LogP contribution in [-0.2, 0) is 4.74 Å². The van der Waals surface area contributed by atoms with Crippen molar-refractivity contribution in [2.45, 2.75) is 36.5 Å². The molecule has 0 saturated carbocycles. The average molecular weight is 252 g/mol. The molecule has 1 aromatic heterocycles. The topological polar surface area (TPSA) is 34.1 Å². The van der Waals surface area contributed by atoms with Gasteiger partial charge >= 0.3 is 0 Å². The summed E-state index contributed by atoms with van der Waals surface area (Å²) in [5.74, 6) is 0. The monoisotopic (exact) mass is 252 g/mol. The number of ether oxygens (including phenoxy) is 1. The molecule has 1 aliphatic heterocycles. The van der Waals surface area contributed by atoms with Gasteiger partial charge in [0.2, 0.25) is 0 Å². The Hall–Kier alpha value is -0.580. The molecule has 0 aliphatic carbocycles. The van der Waals surface area contributed by atoms with E-state index in [1.54, 1.807) is 0 Å². The minimum Gasteiger partial charge on any atom is -0.379 e. The van der Waals surface area contributed by atoms with Crippen LogP contribution in [0.3, 0.4) is 0 Å². The Bertz CT molecular complexity index is 338. The van der Waals surface area contributed by atoms with Crippen molar-refractivity contribution in [1.82, 2.24) is 10.3 Å². The molecular weight excluding hydrogens is 232 g/mol. The highest BCUT2D eigenvalue weighted by atomic mass is 32.2. The molecule has 94 valence electrons. The molecule has 0 radical (unpaired) electrons. The third-order valence-electron chi connectivity index (χ3n) is 2.89. The Balaban J connectivity index is 1.95. The van der Waals surface area contributed by atoms with Crippen molar-refractivity contribution >= 4 is 11.8 Å². The molecule has 1 atom stereocenters. The summed E-state index contributed by atoms with van der Waals surface area (Å²) in [6.07, 6.45) is 3.06. The molecule has 0 spiro atoms. The van der Waals surface area contributed by atoms with Gasteiger partial charge in [-0.15, -0.1) is 11.8 Å². The Morgan fingerprint density at radius 3 is 2.76 bits per heavy atom. The van der Waals surface area contributed by atoms with Gasteiger partial charge in [-0.3, -0.25) is 4.98 Å². The van der Waals surface area contributed by atoms with Gasteiger partial charge in [-0.05, 0) is 25.1 Å². The summed E-state index contributed by atoms with van der Waals surface area (Å²) in [5.41, 5.74) is 1.14. The number of nitrogens with zero attached hydrogens (tertiary/aromatic N) is 1. The Morgan fingerprint density at radius 2 is 2.29 bits per heavy atom. The standard InChI is InChI=1S/C13H20N2OS/c1-3-12(14-4-2)13-6-5-10(7-15-13)17-11-8-16-9-11/h5-7,11-12,14H,3-4,8-9H2,1-2H3. The van der Waals surface area contributed by atoms with Gasteiger partial charge < -0.3 is 10.1 Å². The quantitative estimate of drug-likeness (QED) is 0.844. The summed E-state index contributed by atoms with van der Waals surface area (Å²) >= 11 is 1.86. The van der Waals surface area contributed by atoms with Crippen LogP contribution < -0.4 is 5.32 Å². The highest BCUT2D eigenvalue weighted by Crippen LogP contribution is 2.28. The highest BCUT2D eigenvalue weighted by Gasteiger charge is 2.19. The first-order chi connectivity index (χ1) is 8.33. The second-order valence-corrected chi connectivity index (χ2v) is 5.59. The van der Waals surface area contributed by atoms with Crippen molar-refractivity contribution in [2.75, 3.05) is 19.8 Å². The molecule has 0 aromatic carbocycles. The van der Waals surface area contributed by atoms with Gasteiger partial charge in [0.1, 0.15) is 0 Å². The first-order valence-corrected chi connectivity index (χ1v) is 7.15. The lowest BCUT2D eigenvalue weighted by Gasteiger charge is -2.25. The van der Waals surface area contributed by atoms with E-state index in [0.29, 0.717) is 11.3 Å². The van der Waals surface area contributed by atoms with Crippen LogP contribution in [0.5, 0.6) is 0 Å². The van der Waals surface area contributed by atoms with Crippen LogP contribution in [-0.4, -0.2) is 30.0 Å². The summed E-state index contributed by atoms with van der Waals surface area (Å²) in [4.78, 5) is 5.80. The fraction of sp³-hybridized carbons (Fsp3) is 0.615. The lowest BCUT2D eigenvalue weighted by molar-refractivity contribution is 0.0455. The van der Waals surface area contributed by atoms with Crippen LogP contribution in [0, 0.1) is 0 Å². The zero-order valence-electron chi connectivity index (χ0n) is 10.5. The van der Waals surface area contributed by atoms with E-state index in [2.05, 4.69) is 36.3 Å². The second kappa shape index (κ2) is 6.38. The molecule has 1 fully saturated rings. The van der Waals surface area contributed by atoms with Gasteiger partial charge in [-0.2, -0.15) is 0 Å². The Labute approximate surface area is 107 Å². The van der Waals surface area contributed by atoms with Gasteiger partial charge in [0.25, 0.3) is 0 Å². The van der Waals surface area contributed by atoms with E-state index in [-0.39, 0.29) is 0 Å². The predicted octanol–water partition coefficient (Wildman–Crippen LogP) is 2.63.